The van der Waals surface area contributed by atoms with Crippen molar-refractivity contribution in [3.05, 3.63) is 30.3 Å². The van der Waals surface area contributed by atoms with Crippen LogP contribution in [0.25, 0.3) is 22.3 Å². The van der Waals surface area contributed by atoms with Crippen LogP contribution in [-0.4, -0.2) is 128 Å². The molecular weight excluding hydrogens is 604 g/mol. The molecule has 1 aromatic heterocycles. The lowest BCUT2D eigenvalue weighted by Gasteiger charge is -2.39. The average molecular weight is 640 g/mol. The second-order valence-corrected chi connectivity index (χ2v) is 10.6. The molecule has 246 valence electrons. The lowest BCUT2D eigenvalue weighted by atomic mass is 9.99. The SMILES string of the molecule is COc1cc(-c2[o+]c3cc(O)cc(OC4OC(CO)C(O)C(O)C4O)c3cc2OC2OC(C)C(O)C(O)C2O)cc(OC)c1O. The summed E-state index contributed by atoms with van der Waals surface area (Å²) in [6.07, 6.45) is -15.3. The average Bonchev–Trinajstić information content (AvgIpc) is 3.02. The third kappa shape index (κ3) is 6.11. The molecule has 10 unspecified atom stereocenters. The van der Waals surface area contributed by atoms with Crippen LogP contribution in [0.4, 0.5) is 0 Å². The van der Waals surface area contributed by atoms with Gasteiger partial charge in [-0.3, -0.25) is 0 Å². The van der Waals surface area contributed by atoms with E-state index in [1.165, 1.54) is 45.4 Å². The van der Waals surface area contributed by atoms with E-state index in [1.807, 2.05) is 0 Å². The summed E-state index contributed by atoms with van der Waals surface area (Å²) in [5.74, 6) is -1.04. The topological polar surface area (TPSA) is 249 Å². The summed E-state index contributed by atoms with van der Waals surface area (Å²) in [5, 5.41) is 92.7. The third-order valence-electron chi connectivity index (χ3n) is 7.69. The summed E-state index contributed by atoms with van der Waals surface area (Å²) in [7, 11) is 2.63. The number of aromatic hydroxyl groups is 2. The Labute approximate surface area is 255 Å². The van der Waals surface area contributed by atoms with Gasteiger partial charge in [-0.1, -0.05) is 0 Å². The zero-order valence-electron chi connectivity index (χ0n) is 24.3. The standard InChI is InChI=1S/C29H34O16/c1-10-20(32)23(35)25(37)28(41-10)44-18-8-13-14(42-27(18)11-4-16(39-2)21(33)17(5-11)40-3)6-12(31)7-15(13)43-29-26(38)24(36)22(34)19(9-30)45-29/h4-8,10,19-20,22-26,28-30,32,34-38H,9H2,1-3H3,(H-,31,33)/p+1. The molecule has 0 spiro atoms. The summed E-state index contributed by atoms with van der Waals surface area (Å²) in [6, 6.07) is 6.51. The Morgan fingerprint density at radius 1 is 0.689 bits per heavy atom. The van der Waals surface area contributed by atoms with Gasteiger partial charge in [-0.2, -0.15) is 0 Å². The van der Waals surface area contributed by atoms with Gasteiger partial charge in [0.25, 0.3) is 0 Å². The van der Waals surface area contributed by atoms with Crippen molar-refractivity contribution in [1.29, 1.82) is 0 Å². The van der Waals surface area contributed by atoms with Gasteiger partial charge in [0.1, 0.15) is 59.6 Å². The molecule has 0 bridgehead atoms. The number of phenols is 2. The minimum atomic E-state index is -1.77. The summed E-state index contributed by atoms with van der Waals surface area (Å²) >= 11 is 0. The number of benzene rings is 2. The molecule has 2 fully saturated rings. The van der Waals surface area contributed by atoms with Crippen molar-refractivity contribution in [2.75, 3.05) is 20.8 Å². The van der Waals surface area contributed by atoms with E-state index in [-0.39, 0.29) is 56.8 Å². The Bertz CT molecular complexity index is 1490. The molecule has 9 N–H and O–H groups in total. The first kappa shape index (κ1) is 32.7. The van der Waals surface area contributed by atoms with Crippen molar-refractivity contribution in [3.63, 3.8) is 0 Å². The maximum absolute atomic E-state index is 10.7. The fourth-order valence-electron chi connectivity index (χ4n) is 5.11. The van der Waals surface area contributed by atoms with E-state index in [1.54, 1.807) is 0 Å². The Kier molecular flexibility index (Phi) is 9.41. The molecule has 0 amide bonds. The fraction of sp³-hybridized carbons (Fsp3) is 0.483. The molecule has 5 rings (SSSR count). The molecule has 10 atom stereocenters. The van der Waals surface area contributed by atoms with Crippen LogP contribution in [0, 0.1) is 0 Å². The van der Waals surface area contributed by atoms with Gasteiger partial charge in [-0.05, 0) is 6.92 Å². The zero-order valence-corrected chi connectivity index (χ0v) is 24.3. The van der Waals surface area contributed by atoms with Crippen molar-refractivity contribution < 1.29 is 78.8 Å². The number of methoxy groups -OCH3 is 2. The van der Waals surface area contributed by atoms with E-state index in [4.69, 9.17) is 32.8 Å². The number of fused-ring (bicyclic) bond motifs is 1. The molecule has 2 saturated heterocycles. The van der Waals surface area contributed by atoms with Gasteiger partial charge in [-0.25, -0.2) is 4.42 Å². The van der Waals surface area contributed by atoms with E-state index < -0.39 is 68.0 Å². The van der Waals surface area contributed by atoms with Gasteiger partial charge < -0.3 is 74.4 Å². The van der Waals surface area contributed by atoms with Gasteiger partial charge in [0, 0.05) is 24.3 Å². The van der Waals surface area contributed by atoms with E-state index in [0.717, 1.165) is 6.07 Å². The number of hydrogen-bond acceptors (Lipinski definition) is 15. The molecule has 45 heavy (non-hydrogen) atoms. The molecule has 0 aliphatic carbocycles. The van der Waals surface area contributed by atoms with E-state index in [0.29, 0.717) is 0 Å². The largest absolute Gasteiger partial charge is 0.507 e. The minimum absolute atomic E-state index is 0.00531. The van der Waals surface area contributed by atoms with Crippen LogP contribution in [-0.2, 0) is 9.47 Å². The van der Waals surface area contributed by atoms with Gasteiger partial charge in [0.2, 0.25) is 24.1 Å². The third-order valence-corrected chi connectivity index (χ3v) is 7.69. The second-order valence-electron chi connectivity index (χ2n) is 10.6. The first-order valence-electron chi connectivity index (χ1n) is 13.8. The fourth-order valence-corrected chi connectivity index (χ4v) is 5.11. The van der Waals surface area contributed by atoms with Crippen molar-refractivity contribution in [1.82, 2.24) is 0 Å². The monoisotopic (exact) mass is 639 g/mol. The molecule has 2 aliphatic rings. The molecule has 2 aliphatic heterocycles. The van der Waals surface area contributed by atoms with Crippen LogP contribution >= 0.6 is 0 Å². The predicted octanol–water partition coefficient (Wildman–Crippen LogP) is -0.806. The van der Waals surface area contributed by atoms with Crippen LogP contribution in [0.5, 0.6) is 34.5 Å². The zero-order chi connectivity index (χ0) is 32.7. The Balaban J connectivity index is 1.65. The van der Waals surface area contributed by atoms with Gasteiger partial charge >= 0.3 is 11.3 Å². The highest BCUT2D eigenvalue weighted by molar-refractivity contribution is 5.89. The van der Waals surface area contributed by atoms with E-state index in [2.05, 4.69) is 0 Å². The molecule has 2 aromatic carbocycles. The van der Waals surface area contributed by atoms with E-state index >= 15 is 0 Å². The first-order chi connectivity index (χ1) is 21.4. The predicted molar refractivity (Wildman–Crippen MR) is 150 cm³/mol. The minimum Gasteiger partial charge on any atom is -0.507 e. The lowest BCUT2D eigenvalue weighted by Crippen LogP contribution is -2.60. The number of phenolic OH excluding ortho intramolecular Hbond substituents is 2. The molecule has 16 nitrogen and oxygen atoms in total. The van der Waals surface area contributed by atoms with Crippen LogP contribution in [0.3, 0.4) is 0 Å². The molecule has 16 heteroatoms. The van der Waals surface area contributed by atoms with Crippen molar-refractivity contribution >= 4 is 11.0 Å². The molecule has 0 radical (unpaired) electrons. The number of aliphatic hydroxyl groups excluding tert-OH is 7. The quantitative estimate of drug-likeness (QED) is 0.137. The highest BCUT2D eigenvalue weighted by Gasteiger charge is 2.46. The summed E-state index contributed by atoms with van der Waals surface area (Å²) in [5.41, 5.74) is 0.203. The van der Waals surface area contributed by atoms with Gasteiger partial charge in [-0.15, -0.1) is 0 Å². The summed E-state index contributed by atoms with van der Waals surface area (Å²) < 4.78 is 39.5. The Morgan fingerprint density at radius 3 is 1.87 bits per heavy atom. The first-order valence-corrected chi connectivity index (χ1v) is 13.8. The lowest BCUT2D eigenvalue weighted by molar-refractivity contribution is -0.277. The van der Waals surface area contributed by atoms with Crippen LogP contribution in [0.2, 0.25) is 0 Å². The Hall–Kier alpha value is -3.71. The highest BCUT2D eigenvalue weighted by atomic mass is 16.7. The van der Waals surface area contributed by atoms with Crippen LogP contribution in [0.15, 0.2) is 34.7 Å². The van der Waals surface area contributed by atoms with Gasteiger partial charge in [0.15, 0.2) is 11.5 Å². The second kappa shape index (κ2) is 13.0. The summed E-state index contributed by atoms with van der Waals surface area (Å²) in [6.45, 7) is 0.761. The van der Waals surface area contributed by atoms with Crippen molar-refractivity contribution in [2.24, 2.45) is 0 Å². The van der Waals surface area contributed by atoms with Crippen LogP contribution < -0.4 is 18.9 Å². The van der Waals surface area contributed by atoms with Crippen molar-refractivity contribution in [3.8, 4) is 45.8 Å². The Morgan fingerprint density at radius 2 is 1.27 bits per heavy atom. The number of aliphatic hydroxyl groups is 7. The molecular formula is C29H35O16+. The maximum Gasteiger partial charge on any atom is 0.402 e. The number of rotatable bonds is 8. The van der Waals surface area contributed by atoms with Gasteiger partial charge in [0.05, 0.1) is 38.6 Å². The maximum atomic E-state index is 10.7. The van der Waals surface area contributed by atoms with Crippen molar-refractivity contribution in [2.45, 2.75) is 68.3 Å². The normalized spacial score (nSPS) is 31.9. The molecule has 0 saturated carbocycles. The van der Waals surface area contributed by atoms with Crippen LogP contribution in [0.1, 0.15) is 6.92 Å². The smallest absolute Gasteiger partial charge is 0.402 e. The molecule has 3 heterocycles. The van der Waals surface area contributed by atoms with E-state index in [9.17, 15) is 46.0 Å². The number of hydrogen-bond donors (Lipinski definition) is 9. The highest BCUT2D eigenvalue weighted by Crippen LogP contribution is 2.46. The summed E-state index contributed by atoms with van der Waals surface area (Å²) in [4.78, 5) is 0. The molecule has 3 aromatic rings. The number of ether oxygens (including phenoxy) is 6.